The van der Waals surface area contributed by atoms with E-state index in [1.165, 1.54) is 11.8 Å². The molecule has 1 rings (SSSR count). The minimum atomic E-state index is -0.867. The Morgan fingerprint density at radius 2 is 1.80 bits per heavy atom. The summed E-state index contributed by atoms with van der Waals surface area (Å²) in [6.07, 6.45) is 4.04. The van der Waals surface area contributed by atoms with Gasteiger partial charge in [-0.05, 0) is 31.4 Å². The van der Waals surface area contributed by atoms with Gasteiger partial charge in [-0.25, -0.2) is 0 Å². The van der Waals surface area contributed by atoms with Crippen LogP contribution >= 0.6 is 11.8 Å². The highest BCUT2D eigenvalue weighted by molar-refractivity contribution is 8.13. The number of carbonyl (C=O) groups excluding carboxylic acids is 1. The smallest absolute Gasteiger partial charge is 0.199 e. The predicted octanol–water partition coefficient (Wildman–Crippen LogP) is 4.66. The standard InChI is InChI=1S/C17H26O2S/c1-4-7-13-15(17(19,5-2)6-3)16(18)20-14-11-9-8-10-12-14/h8-12,15,19H,4-7,13H2,1-3H3. The van der Waals surface area contributed by atoms with Crippen molar-refractivity contribution < 1.29 is 9.90 Å². The summed E-state index contributed by atoms with van der Waals surface area (Å²) >= 11 is 1.26. The predicted molar refractivity (Wildman–Crippen MR) is 85.9 cm³/mol. The summed E-state index contributed by atoms with van der Waals surface area (Å²) in [6, 6.07) is 9.69. The lowest BCUT2D eigenvalue weighted by molar-refractivity contribution is -0.125. The molecule has 0 amide bonds. The van der Waals surface area contributed by atoms with E-state index < -0.39 is 5.60 Å². The third-order valence-corrected chi connectivity index (χ3v) is 4.96. The van der Waals surface area contributed by atoms with Crippen LogP contribution in [0.4, 0.5) is 0 Å². The van der Waals surface area contributed by atoms with Crippen molar-refractivity contribution in [3.05, 3.63) is 30.3 Å². The maximum absolute atomic E-state index is 12.6. The maximum Gasteiger partial charge on any atom is 0.199 e. The van der Waals surface area contributed by atoms with E-state index in [0.717, 1.165) is 24.2 Å². The first-order valence-corrected chi connectivity index (χ1v) is 8.38. The quantitative estimate of drug-likeness (QED) is 0.708. The second-order valence-electron chi connectivity index (χ2n) is 5.24. The number of aliphatic hydroxyl groups is 1. The molecular formula is C17H26O2S. The van der Waals surface area contributed by atoms with Crippen LogP contribution in [0.25, 0.3) is 0 Å². The second kappa shape index (κ2) is 8.48. The summed E-state index contributed by atoms with van der Waals surface area (Å²) in [6.45, 7) is 6.04. The topological polar surface area (TPSA) is 37.3 Å². The van der Waals surface area contributed by atoms with E-state index in [2.05, 4.69) is 6.92 Å². The number of carbonyl (C=O) groups is 1. The third-order valence-electron chi connectivity index (χ3n) is 3.97. The van der Waals surface area contributed by atoms with Crippen molar-refractivity contribution >= 4 is 16.9 Å². The Kier molecular flexibility index (Phi) is 7.31. The minimum Gasteiger partial charge on any atom is -0.389 e. The number of rotatable bonds is 8. The highest BCUT2D eigenvalue weighted by atomic mass is 32.2. The van der Waals surface area contributed by atoms with Gasteiger partial charge in [-0.3, -0.25) is 4.79 Å². The van der Waals surface area contributed by atoms with Gasteiger partial charge in [-0.2, -0.15) is 0 Å². The highest BCUT2D eigenvalue weighted by Gasteiger charge is 2.38. The lowest BCUT2D eigenvalue weighted by atomic mass is 9.80. The van der Waals surface area contributed by atoms with E-state index in [4.69, 9.17) is 0 Å². The van der Waals surface area contributed by atoms with E-state index in [9.17, 15) is 9.90 Å². The molecule has 0 saturated heterocycles. The van der Waals surface area contributed by atoms with Crippen LogP contribution in [0.1, 0.15) is 52.9 Å². The van der Waals surface area contributed by atoms with Gasteiger partial charge in [-0.15, -0.1) is 0 Å². The molecule has 2 nitrogen and oxygen atoms in total. The fourth-order valence-corrected chi connectivity index (χ4v) is 3.44. The normalized spacial score (nSPS) is 13.2. The molecule has 1 unspecified atom stereocenters. The lowest BCUT2D eigenvalue weighted by Gasteiger charge is -2.33. The summed E-state index contributed by atoms with van der Waals surface area (Å²) in [5.41, 5.74) is -0.867. The van der Waals surface area contributed by atoms with E-state index in [1.807, 2.05) is 44.2 Å². The average molecular weight is 294 g/mol. The molecule has 1 aromatic carbocycles. The number of hydrogen-bond donors (Lipinski definition) is 1. The van der Waals surface area contributed by atoms with Crippen LogP contribution in [0.5, 0.6) is 0 Å². The zero-order valence-electron chi connectivity index (χ0n) is 12.8. The van der Waals surface area contributed by atoms with Gasteiger partial charge in [0.15, 0.2) is 5.12 Å². The van der Waals surface area contributed by atoms with Gasteiger partial charge in [0.05, 0.1) is 11.5 Å². The SMILES string of the molecule is CCCCC(C(=O)Sc1ccccc1)C(O)(CC)CC. The molecule has 0 spiro atoms. The van der Waals surface area contributed by atoms with Crippen molar-refractivity contribution in [3.63, 3.8) is 0 Å². The first-order chi connectivity index (χ1) is 9.57. The third kappa shape index (κ3) is 4.64. The molecule has 0 radical (unpaired) electrons. The van der Waals surface area contributed by atoms with Crippen LogP contribution in [-0.2, 0) is 4.79 Å². The van der Waals surface area contributed by atoms with Crippen LogP contribution in [0.15, 0.2) is 35.2 Å². The Morgan fingerprint density at radius 3 is 2.30 bits per heavy atom. The molecule has 112 valence electrons. The Labute approximate surface area is 127 Å². The molecule has 0 aliphatic carbocycles. The van der Waals surface area contributed by atoms with E-state index in [0.29, 0.717) is 12.8 Å². The number of benzene rings is 1. The first-order valence-electron chi connectivity index (χ1n) is 7.56. The van der Waals surface area contributed by atoms with Crippen molar-refractivity contribution in [2.75, 3.05) is 0 Å². The van der Waals surface area contributed by atoms with Crippen molar-refractivity contribution in [2.24, 2.45) is 5.92 Å². The van der Waals surface area contributed by atoms with Crippen molar-refractivity contribution in [3.8, 4) is 0 Å². The Hall–Kier alpha value is -0.800. The fraction of sp³-hybridized carbons (Fsp3) is 0.588. The summed E-state index contributed by atoms with van der Waals surface area (Å²) in [5.74, 6) is -0.275. The molecule has 0 saturated carbocycles. The van der Waals surface area contributed by atoms with Gasteiger partial charge in [-0.1, -0.05) is 63.6 Å². The summed E-state index contributed by atoms with van der Waals surface area (Å²) in [5, 5.41) is 10.8. The zero-order valence-corrected chi connectivity index (χ0v) is 13.6. The fourth-order valence-electron chi connectivity index (χ4n) is 2.43. The second-order valence-corrected chi connectivity index (χ2v) is 6.32. The van der Waals surface area contributed by atoms with Crippen LogP contribution in [0.2, 0.25) is 0 Å². The molecule has 0 heterocycles. The number of unbranched alkanes of at least 4 members (excludes halogenated alkanes) is 1. The van der Waals surface area contributed by atoms with Gasteiger partial charge in [0, 0.05) is 4.90 Å². The Balaban J connectivity index is 2.84. The van der Waals surface area contributed by atoms with Crippen molar-refractivity contribution in [1.29, 1.82) is 0 Å². The summed E-state index contributed by atoms with van der Waals surface area (Å²) in [7, 11) is 0. The maximum atomic E-state index is 12.6. The summed E-state index contributed by atoms with van der Waals surface area (Å²) < 4.78 is 0. The van der Waals surface area contributed by atoms with Crippen LogP contribution in [0.3, 0.4) is 0 Å². The lowest BCUT2D eigenvalue weighted by Crippen LogP contribution is -2.40. The molecule has 0 bridgehead atoms. The first kappa shape index (κ1) is 17.3. The number of thioether (sulfide) groups is 1. The van der Waals surface area contributed by atoms with E-state index in [1.54, 1.807) is 0 Å². The molecular weight excluding hydrogens is 268 g/mol. The molecule has 1 atom stereocenters. The molecule has 3 heteroatoms. The van der Waals surface area contributed by atoms with Crippen molar-refractivity contribution in [1.82, 2.24) is 0 Å². The largest absolute Gasteiger partial charge is 0.389 e. The molecule has 1 aromatic rings. The monoisotopic (exact) mass is 294 g/mol. The molecule has 0 aliphatic rings. The zero-order chi connectivity index (χ0) is 15.0. The van der Waals surface area contributed by atoms with Crippen LogP contribution in [-0.4, -0.2) is 15.8 Å². The van der Waals surface area contributed by atoms with Gasteiger partial charge in [0.1, 0.15) is 0 Å². The van der Waals surface area contributed by atoms with Crippen molar-refractivity contribution in [2.45, 2.75) is 63.4 Å². The van der Waals surface area contributed by atoms with Gasteiger partial charge in [0.25, 0.3) is 0 Å². The number of hydrogen-bond acceptors (Lipinski definition) is 3. The molecule has 0 aromatic heterocycles. The molecule has 0 aliphatic heterocycles. The minimum absolute atomic E-state index is 0.0934. The van der Waals surface area contributed by atoms with Gasteiger partial charge >= 0.3 is 0 Å². The van der Waals surface area contributed by atoms with Gasteiger partial charge in [0.2, 0.25) is 0 Å². The van der Waals surface area contributed by atoms with E-state index in [-0.39, 0.29) is 11.0 Å². The Bertz CT molecular complexity index is 399. The van der Waals surface area contributed by atoms with E-state index >= 15 is 0 Å². The van der Waals surface area contributed by atoms with Gasteiger partial charge < -0.3 is 5.11 Å². The average Bonchev–Trinajstić information content (AvgIpc) is 2.48. The Morgan fingerprint density at radius 1 is 1.20 bits per heavy atom. The summed E-state index contributed by atoms with van der Waals surface area (Å²) in [4.78, 5) is 13.5. The highest BCUT2D eigenvalue weighted by Crippen LogP contribution is 2.35. The van der Waals surface area contributed by atoms with Crippen LogP contribution in [0, 0.1) is 5.92 Å². The molecule has 0 fully saturated rings. The molecule has 1 N–H and O–H groups in total. The molecule has 20 heavy (non-hydrogen) atoms. The van der Waals surface area contributed by atoms with Crippen LogP contribution < -0.4 is 0 Å².